The van der Waals surface area contributed by atoms with Crippen molar-refractivity contribution in [3.05, 3.63) is 18.2 Å². The Morgan fingerprint density at radius 1 is 1.27 bits per heavy atom. The van der Waals surface area contributed by atoms with Crippen LogP contribution in [0.1, 0.15) is 6.92 Å². The van der Waals surface area contributed by atoms with Crippen LogP contribution < -0.4 is 15.2 Å². The fourth-order valence-electron chi connectivity index (χ4n) is 1.07. The van der Waals surface area contributed by atoms with Crippen LogP contribution in [0.5, 0.6) is 11.5 Å². The standard InChI is InChI=1S/C11H18N2O2/c1-8(13(2)3)15-11-7-9(12)5-6-10(11)14-4/h5-8H,12H2,1-4H3. The molecule has 0 saturated heterocycles. The van der Waals surface area contributed by atoms with Crippen molar-refractivity contribution >= 4 is 5.69 Å². The number of benzene rings is 1. The Balaban J connectivity index is 2.87. The number of methoxy groups -OCH3 is 1. The van der Waals surface area contributed by atoms with Crippen molar-refractivity contribution in [1.29, 1.82) is 0 Å². The second-order valence-corrected chi connectivity index (χ2v) is 3.59. The average Bonchev–Trinajstić information content (AvgIpc) is 2.18. The Bertz CT molecular complexity index is 326. The van der Waals surface area contributed by atoms with E-state index in [1.807, 2.05) is 25.9 Å². The van der Waals surface area contributed by atoms with E-state index in [9.17, 15) is 0 Å². The molecule has 1 rings (SSSR count). The topological polar surface area (TPSA) is 47.7 Å². The fourth-order valence-corrected chi connectivity index (χ4v) is 1.07. The van der Waals surface area contributed by atoms with E-state index in [1.165, 1.54) is 0 Å². The molecule has 2 N–H and O–H groups in total. The maximum atomic E-state index is 5.70. The summed E-state index contributed by atoms with van der Waals surface area (Å²) >= 11 is 0. The van der Waals surface area contributed by atoms with E-state index in [0.29, 0.717) is 17.2 Å². The first-order valence-corrected chi connectivity index (χ1v) is 4.81. The van der Waals surface area contributed by atoms with Crippen molar-refractivity contribution in [3.8, 4) is 11.5 Å². The molecule has 4 nitrogen and oxygen atoms in total. The van der Waals surface area contributed by atoms with Gasteiger partial charge in [-0.15, -0.1) is 0 Å². The van der Waals surface area contributed by atoms with Crippen LogP contribution in [0.25, 0.3) is 0 Å². The summed E-state index contributed by atoms with van der Waals surface area (Å²) in [6, 6.07) is 5.35. The SMILES string of the molecule is COc1ccc(N)cc1OC(C)N(C)C. The van der Waals surface area contributed by atoms with E-state index in [4.69, 9.17) is 15.2 Å². The third-order valence-corrected chi connectivity index (χ3v) is 2.21. The third kappa shape index (κ3) is 3.02. The highest BCUT2D eigenvalue weighted by atomic mass is 16.5. The lowest BCUT2D eigenvalue weighted by Crippen LogP contribution is -2.30. The highest BCUT2D eigenvalue weighted by Gasteiger charge is 2.10. The maximum Gasteiger partial charge on any atom is 0.165 e. The number of hydrogen-bond donors (Lipinski definition) is 1. The van der Waals surface area contributed by atoms with Crippen LogP contribution in [0, 0.1) is 0 Å². The van der Waals surface area contributed by atoms with E-state index in [2.05, 4.69) is 0 Å². The second-order valence-electron chi connectivity index (χ2n) is 3.59. The zero-order valence-electron chi connectivity index (χ0n) is 9.65. The van der Waals surface area contributed by atoms with Gasteiger partial charge in [-0.25, -0.2) is 0 Å². The van der Waals surface area contributed by atoms with E-state index in [1.54, 1.807) is 25.3 Å². The molecule has 0 amide bonds. The normalized spacial score (nSPS) is 12.6. The molecule has 15 heavy (non-hydrogen) atoms. The number of anilines is 1. The third-order valence-electron chi connectivity index (χ3n) is 2.21. The summed E-state index contributed by atoms with van der Waals surface area (Å²) in [7, 11) is 5.51. The molecule has 0 heterocycles. The fraction of sp³-hybridized carbons (Fsp3) is 0.455. The summed E-state index contributed by atoms with van der Waals surface area (Å²) in [5.41, 5.74) is 6.35. The van der Waals surface area contributed by atoms with Gasteiger partial charge in [0.25, 0.3) is 0 Å². The Morgan fingerprint density at radius 3 is 2.47 bits per heavy atom. The molecule has 1 aromatic rings. The predicted octanol–water partition coefficient (Wildman–Crippen LogP) is 1.56. The highest BCUT2D eigenvalue weighted by molar-refractivity contribution is 5.51. The summed E-state index contributed by atoms with van der Waals surface area (Å²) in [6.07, 6.45) is -0.0271. The van der Waals surface area contributed by atoms with Crippen LogP contribution in [-0.4, -0.2) is 32.3 Å². The van der Waals surface area contributed by atoms with Gasteiger partial charge in [-0.1, -0.05) is 0 Å². The summed E-state index contributed by atoms with van der Waals surface area (Å²) in [6.45, 7) is 1.96. The van der Waals surface area contributed by atoms with Crippen LogP contribution in [0.3, 0.4) is 0 Å². The summed E-state index contributed by atoms with van der Waals surface area (Å²) in [5, 5.41) is 0. The summed E-state index contributed by atoms with van der Waals surface area (Å²) in [4.78, 5) is 1.96. The first-order chi connectivity index (χ1) is 7.04. The molecule has 0 aliphatic carbocycles. The van der Waals surface area contributed by atoms with Gasteiger partial charge in [0, 0.05) is 11.8 Å². The Labute approximate surface area is 90.6 Å². The zero-order valence-corrected chi connectivity index (χ0v) is 9.65. The Hall–Kier alpha value is -1.42. The number of hydrogen-bond acceptors (Lipinski definition) is 4. The molecular weight excluding hydrogens is 192 g/mol. The van der Waals surface area contributed by atoms with Gasteiger partial charge >= 0.3 is 0 Å². The molecular formula is C11H18N2O2. The van der Waals surface area contributed by atoms with Crippen LogP contribution >= 0.6 is 0 Å². The molecule has 0 fully saturated rings. The van der Waals surface area contributed by atoms with E-state index >= 15 is 0 Å². The van der Waals surface area contributed by atoms with E-state index < -0.39 is 0 Å². The quantitative estimate of drug-likeness (QED) is 0.605. The molecule has 1 unspecified atom stereocenters. The van der Waals surface area contributed by atoms with Crippen LogP contribution in [0.15, 0.2) is 18.2 Å². The molecule has 1 atom stereocenters. The minimum absolute atomic E-state index is 0.0271. The average molecular weight is 210 g/mol. The Kier molecular flexibility index (Phi) is 3.80. The van der Waals surface area contributed by atoms with Gasteiger partial charge in [-0.2, -0.15) is 0 Å². The number of ether oxygens (including phenoxy) is 2. The van der Waals surface area contributed by atoms with Gasteiger partial charge in [0.15, 0.2) is 11.5 Å². The smallest absolute Gasteiger partial charge is 0.165 e. The van der Waals surface area contributed by atoms with Gasteiger partial charge in [-0.3, -0.25) is 4.90 Å². The molecule has 0 aliphatic rings. The highest BCUT2D eigenvalue weighted by Crippen LogP contribution is 2.29. The molecule has 0 saturated carbocycles. The number of nitrogens with two attached hydrogens (primary N) is 1. The summed E-state index contributed by atoms with van der Waals surface area (Å²) in [5.74, 6) is 1.36. The molecule has 0 spiro atoms. The first kappa shape index (κ1) is 11.7. The van der Waals surface area contributed by atoms with Crippen LogP contribution in [0.2, 0.25) is 0 Å². The molecule has 0 bridgehead atoms. The number of rotatable bonds is 4. The van der Waals surface area contributed by atoms with Gasteiger partial charge in [-0.05, 0) is 33.2 Å². The second kappa shape index (κ2) is 4.89. The van der Waals surface area contributed by atoms with Gasteiger partial charge in [0.2, 0.25) is 0 Å². The van der Waals surface area contributed by atoms with Gasteiger partial charge < -0.3 is 15.2 Å². The van der Waals surface area contributed by atoms with Crippen molar-refractivity contribution in [2.45, 2.75) is 13.2 Å². The van der Waals surface area contributed by atoms with Crippen molar-refractivity contribution in [3.63, 3.8) is 0 Å². The molecule has 0 aromatic heterocycles. The number of nitrogen functional groups attached to an aromatic ring is 1. The maximum absolute atomic E-state index is 5.70. The van der Waals surface area contributed by atoms with E-state index in [0.717, 1.165) is 0 Å². The van der Waals surface area contributed by atoms with Crippen molar-refractivity contribution in [2.24, 2.45) is 0 Å². The van der Waals surface area contributed by atoms with E-state index in [-0.39, 0.29) is 6.23 Å². The minimum Gasteiger partial charge on any atom is -0.493 e. The summed E-state index contributed by atoms with van der Waals surface area (Å²) < 4.78 is 10.9. The van der Waals surface area contributed by atoms with Crippen LogP contribution in [0.4, 0.5) is 5.69 Å². The predicted molar refractivity (Wildman–Crippen MR) is 61.2 cm³/mol. The molecule has 4 heteroatoms. The lowest BCUT2D eigenvalue weighted by molar-refractivity contribution is 0.0785. The molecule has 0 radical (unpaired) electrons. The van der Waals surface area contributed by atoms with Crippen molar-refractivity contribution in [1.82, 2.24) is 4.90 Å². The van der Waals surface area contributed by atoms with Crippen molar-refractivity contribution < 1.29 is 9.47 Å². The van der Waals surface area contributed by atoms with Crippen LogP contribution in [-0.2, 0) is 0 Å². The molecule has 84 valence electrons. The minimum atomic E-state index is -0.0271. The monoisotopic (exact) mass is 210 g/mol. The lowest BCUT2D eigenvalue weighted by atomic mass is 10.3. The Morgan fingerprint density at radius 2 is 1.93 bits per heavy atom. The largest absolute Gasteiger partial charge is 0.493 e. The van der Waals surface area contributed by atoms with Gasteiger partial charge in [0.1, 0.15) is 6.23 Å². The zero-order chi connectivity index (χ0) is 11.4. The first-order valence-electron chi connectivity index (χ1n) is 4.81. The number of nitrogens with zero attached hydrogens (tertiary/aromatic N) is 1. The molecule has 1 aromatic carbocycles. The van der Waals surface area contributed by atoms with Gasteiger partial charge in [0.05, 0.1) is 7.11 Å². The lowest BCUT2D eigenvalue weighted by Gasteiger charge is -2.22. The molecule has 0 aliphatic heterocycles. The van der Waals surface area contributed by atoms with Crippen molar-refractivity contribution in [2.75, 3.05) is 26.9 Å².